The molecular weight excluding hydrogens is 300 g/mol. The summed E-state index contributed by atoms with van der Waals surface area (Å²) in [6.07, 6.45) is 0. The van der Waals surface area contributed by atoms with E-state index < -0.39 is 15.9 Å². The molecule has 116 valence electrons. The lowest BCUT2D eigenvalue weighted by Crippen LogP contribution is -2.32. The van der Waals surface area contributed by atoms with Crippen molar-refractivity contribution in [2.45, 2.75) is 29.7 Å². The van der Waals surface area contributed by atoms with Crippen LogP contribution in [0.2, 0.25) is 0 Å². The van der Waals surface area contributed by atoms with Crippen LogP contribution in [0.1, 0.15) is 12.5 Å². The van der Waals surface area contributed by atoms with Crippen molar-refractivity contribution in [3.63, 3.8) is 0 Å². The number of nitrogens with one attached hydrogen (secondary N) is 1. The van der Waals surface area contributed by atoms with Gasteiger partial charge in [-0.1, -0.05) is 12.1 Å². The molecule has 0 fully saturated rings. The molecule has 0 saturated heterocycles. The number of nitrogens with two attached hydrogens (primary N) is 1. The molecule has 0 aliphatic rings. The van der Waals surface area contributed by atoms with Crippen LogP contribution in [0.5, 0.6) is 0 Å². The Kier molecular flexibility index (Phi) is 4.63. The number of aryl methyl sites for hydroxylation is 1. The predicted octanol–water partition coefficient (Wildman–Crippen LogP) is 2.11. The predicted molar refractivity (Wildman–Crippen MR) is 85.4 cm³/mol. The Labute approximate surface area is 130 Å². The molecule has 0 spiro atoms. The lowest BCUT2D eigenvalue weighted by Gasteiger charge is -2.09. The molecule has 0 aliphatic heterocycles. The van der Waals surface area contributed by atoms with Crippen LogP contribution in [0.4, 0.5) is 5.69 Å². The van der Waals surface area contributed by atoms with Crippen molar-refractivity contribution in [3.8, 4) is 0 Å². The Morgan fingerprint density at radius 3 is 2.27 bits per heavy atom. The van der Waals surface area contributed by atoms with Crippen LogP contribution >= 0.6 is 0 Å². The summed E-state index contributed by atoms with van der Waals surface area (Å²) in [6.45, 7) is 3.41. The minimum atomic E-state index is -3.56. The molecular formula is C16H18N2O3S. The van der Waals surface area contributed by atoms with E-state index in [1.807, 2.05) is 13.0 Å². The van der Waals surface area contributed by atoms with E-state index in [9.17, 15) is 13.2 Å². The van der Waals surface area contributed by atoms with Gasteiger partial charge in [-0.2, -0.15) is 0 Å². The maximum Gasteiger partial charge on any atom is 0.240 e. The molecule has 2 aromatic rings. The number of carbonyl (C=O) groups is 1. The Hall–Kier alpha value is -2.18. The summed E-state index contributed by atoms with van der Waals surface area (Å²) in [4.78, 5) is 11.9. The van der Waals surface area contributed by atoms with Gasteiger partial charge in [0, 0.05) is 5.69 Å². The first-order valence-electron chi connectivity index (χ1n) is 6.79. The first-order valence-corrected chi connectivity index (χ1v) is 8.27. The normalized spacial score (nSPS) is 12.7. The first-order chi connectivity index (χ1) is 10.3. The van der Waals surface area contributed by atoms with E-state index in [1.165, 1.54) is 12.1 Å². The molecule has 6 heteroatoms. The van der Waals surface area contributed by atoms with Crippen molar-refractivity contribution in [1.29, 1.82) is 0 Å². The number of rotatable bonds is 4. The number of carbonyl (C=O) groups excluding carboxylic acids is 1. The van der Waals surface area contributed by atoms with Gasteiger partial charge in [0.05, 0.1) is 15.8 Å². The summed E-state index contributed by atoms with van der Waals surface area (Å²) in [5.41, 5.74) is 6.85. The topological polar surface area (TPSA) is 89.3 Å². The Morgan fingerprint density at radius 2 is 1.73 bits per heavy atom. The monoisotopic (exact) mass is 318 g/mol. The third-order valence-corrected chi connectivity index (χ3v) is 4.91. The van der Waals surface area contributed by atoms with Gasteiger partial charge in [-0.05, 0) is 55.8 Å². The average molecular weight is 318 g/mol. The van der Waals surface area contributed by atoms with Gasteiger partial charge in [0.25, 0.3) is 0 Å². The number of benzene rings is 2. The highest BCUT2D eigenvalue weighted by atomic mass is 32.2. The number of hydrogen-bond donors (Lipinski definition) is 2. The van der Waals surface area contributed by atoms with E-state index in [0.29, 0.717) is 5.69 Å². The van der Waals surface area contributed by atoms with E-state index in [2.05, 4.69) is 5.32 Å². The molecule has 0 aromatic heterocycles. The van der Waals surface area contributed by atoms with Gasteiger partial charge in [0.2, 0.25) is 15.7 Å². The van der Waals surface area contributed by atoms with Crippen molar-refractivity contribution < 1.29 is 13.2 Å². The average Bonchev–Trinajstić information content (AvgIpc) is 2.47. The van der Waals surface area contributed by atoms with Crippen molar-refractivity contribution >= 4 is 21.4 Å². The van der Waals surface area contributed by atoms with Crippen molar-refractivity contribution in [1.82, 2.24) is 0 Å². The molecule has 2 aromatic carbocycles. The van der Waals surface area contributed by atoms with Gasteiger partial charge >= 0.3 is 0 Å². The fourth-order valence-corrected chi connectivity index (χ4v) is 3.26. The second-order valence-electron chi connectivity index (χ2n) is 5.12. The molecule has 0 heterocycles. The molecule has 1 unspecified atom stereocenters. The summed E-state index contributed by atoms with van der Waals surface area (Å²) in [5, 5.41) is 2.61. The van der Waals surface area contributed by atoms with E-state index in [1.54, 1.807) is 37.3 Å². The molecule has 0 saturated carbocycles. The maximum absolute atomic E-state index is 12.5. The molecule has 2 rings (SSSR count). The molecule has 5 nitrogen and oxygen atoms in total. The summed E-state index contributed by atoms with van der Waals surface area (Å²) in [7, 11) is -3.56. The lowest BCUT2D eigenvalue weighted by molar-refractivity contribution is -0.117. The third-order valence-electron chi connectivity index (χ3n) is 3.15. The van der Waals surface area contributed by atoms with Gasteiger partial charge in [-0.15, -0.1) is 0 Å². The zero-order chi connectivity index (χ0) is 16.3. The van der Waals surface area contributed by atoms with Crippen LogP contribution in [0, 0.1) is 6.92 Å². The standard InChI is InChI=1S/C16H18N2O3S/c1-11-4-3-5-15(10-11)22(20,21)14-8-6-13(7-9-14)18-16(19)12(2)17/h3-10,12H,17H2,1-2H3,(H,18,19). The summed E-state index contributed by atoms with van der Waals surface area (Å²) in [5.74, 6) is -0.325. The quantitative estimate of drug-likeness (QED) is 0.903. The van der Waals surface area contributed by atoms with Crippen LogP contribution in [0.3, 0.4) is 0 Å². The second kappa shape index (κ2) is 6.29. The molecule has 1 amide bonds. The van der Waals surface area contributed by atoms with Crippen molar-refractivity contribution in [2.24, 2.45) is 5.73 Å². The van der Waals surface area contributed by atoms with E-state index in [-0.39, 0.29) is 15.7 Å². The van der Waals surface area contributed by atoms with Gasteiger partial charge in [-0.3, -0.25) is 4.79 Å². The summed E-state index contributed by atoms with van der Waals surface area (Å²) >= 11 is 0. The molecule has 0 aliphatic carbocycles. The smallest absolute Gasteiger partial charge is 0.240 e. The van der Waals surface area contributed by atoms with Crippen LogP contribution in [-0.4, -0.2) is 20.4 Å². The molecule has 1 atom stereocenters. The Bertz CT molecular complexity index is 781. The van der Waals surface area contributed by atoms with Crippen LogP contribution in [-0.2, 0) is 14.6 Å². The van der Waals surface area contributed by atoms with Gasteiger partial charge in [0.15, 0.2) is 0 Å². The van der Waals surface area contributed by atoms with Gasteiger partial charge in [0.1, 0.15) is 0 Å². The van der Waals surface area contributed by atoms with Gasteiger partial charge < -0.3 is 11.1 Å². The molecule has 22 heavy (non-hydrogen) atoms. The Balaban J connectivity index is 2.28. The highest BCUT2D eigenvalue weighted by Gasteiger charge is 2.17. The largest absolute Gasteiger partial charge is 0.325 e. The minimum absolute atomic E-state index is 0.178. The summed E-state index contributed by atoms with van der Waals surface area (Å²) < 4.78 is 25.0. The van der Waals surface area contributed by atoms with Crippen molar-refractivity contribution in [3.05, 3.63) is 54.1 Å². The van der Waals surface area contributed by atoms with Crippen LogP contribution < -0.4 is 11.1 Å². The molecule has 3 N–H and O–H groups in total. The second-order valence-corrected chi connectivity index (χ2v) is 7.07. The lowest BCUT2D eigenvalue weighted by atomic mass is 10.2. The fourth-order valence-electron chi connectivity index (χ4n) is 1.89. The third kappa shape index (κ3) is 3.52. The first kappa shape index (κ1) is 16.2. The van der Waals surface area contributed by atoms with Crippen LogP contribution in [0.25, 0.3) is 0 Å². The highest BCUT2D eigenvalue weighted by molar-refractivity contribution is 7.91. The fraction of sp³-hybridized carbons (Fsp3) is 0.188. The number of anilines is 1. The van der Waals surface area contributed by atoms with Crippen molar-refractivity contribution in [2.75, 3.05) is 5.32 Å². The summed E-state index contributed by atoms with van der Waals surface area (Å²) in [6, 6.07) is 12.1. The van der Waals surface area contributed by atoms with E-state index in [0.717, 1.165) is 5.56 Å². The minimum Gasteiger partial charge on any atom is -0.325 e. The highest BCUT2D eigenvalue weighted by Crippen LogP contribution is 2.23. The Morgan fingerprint density at radius 1 is 1.09 bits per heavy atom. The molecule has 0 bridgehead atoms. The zero-order valence-electron chi connectivity index (χ0n) is 12.4. The number of hydrogen-bond acceptors (Lipinski definition) is 4. The number of sulfone groups is 1. The zero-order valence-corrected chi connectivity index (χ0v) is 13.2. The van der Waals surface area contributed by atoms with E-state index >= 15 is 0 Å². The number of amides is 1. The van der Waals surface area contributed by atoms with E-state index in [4.69, 9.17) is 5.73 Å². The van der Waals surface area contributed by atoms with Gasteiger partial charge in [-0.25, -0.2) is 8.42 Å². The molecule has 0 radical (unpaired) electrons. The SMILES string of the molecule is Cc1cccc(S(=O)(=O)c2ccc(NC(=O)C(C)N)cc2)c1. The maximum atomic E-state index is 12.5. The van der Waals surface area contributed by atoms with Crippen LogP contribution in [0.15, 0.2) is 58.3 Å².